The van der Waals surface area contributed by atoms with Crippen LogP contribution in [0.1, 0.15) is 35.7 Å². The van der Waals surface area contributed by atoms with Gasteiger partial charge in [-0.05, 0) is 26.7 Å². The molecule has 0 saturated carbocycles. The van der Waals surface area contributed by atoms with Crippen LogP contribution in [0.5, 0.6) is 0 Å². The number of hydrogen-bond acceptors (Lipinski definition) is 5. The minimum atomic E-state index is -0.136. The molecule has 3 heterocycles. The van der Waals surface area contributed by atoms with Crippen molar-refractivity contribution < 1.29 is 9.32 Å². The minimum Gasteiger partial charge on any atom is -0.361 e. The second-order valence-electron chi connectivity index (χ2n) is 6.57. The number of amides is 1. The highest BCUT2D eigenvalue weighted by molar-refractivity contribution is 5.78. The lowest BCUT2D eigenvalue weighted by atomic mass is 9.99. The average Bonchev–Trinajstić information content (AvgIpc) is 2.92. The van der Waals surface area contributed by atoms with Gasteiger partial charge in [0.1, 0.15) is 11.6 Å². The van der Waals surface area contributed by atoms with Crippen molar-refractivity contribution in [3.05, 3.63) is 33.3 Å². The lowest BCUT2D eigenvalue weighted by Crippen LogP contribution is -2.31. The van der Waals surface area contributed by atoms with Gasteiger partial charge in [0.25, 0.3) is 0 Å². The molecule has 0 saturated heterocycles. The molecule has 8 nitrogen and oxygen atoms in total. The van der Waals surface area contributed by atoms with Crippen molar-refractivity contribution in [2.75, 3.05) is 14.1 Å². The van der Waals surface area contributed by atoms with E-state index in [1.54, 1.807) is 23.6 Å². The molecule has 8 heteroatoms. The highest BCUT2D eigenvalue weighted by Crippen LogP contribution is 2.20. The van der Waals surface area contributed by atoms with E-state index >= 15 is 0 Å². The summed E-state index contributed by atoms with van der Waals surface area (Å²) in [5, 5.41) is 8.40. The monoisotopic (exact) mass is 333 g/mol. The maximum Gasteiger partial charge on any atom is 0.346 e. The van der Waals surface area contributed by atoms with Gasteiger partial charge in [0.05, 0.1) is 12.2 Å². The van der Waals surface area contributed by atoms with Crippen LogP contribution in [-0.4, -0.2) is 44.4 Å². The second kappa shape index (κ2) is 6.26. The Morgan fingerprint density at radius 1 is 1.33 bits per heavy atom. The third-order valence-corrected chi connectivity index (χ3v) is 4.70. The number of fused-ring (bicyclic) bond motifs is 1. The van der Waals surface area contributed by atoms with Crippen molar-refractivity contribution in [3.8, 4) is 0 Å². The van der Waals surface area contributed by atoms with Gasteiger partial charge in [0.2, 0.25) is 5.91 Å². The quantitative estimate of drug-likeness (QED) is 0.827. The molecule has 1 amide bonds. The number of rotatable bonds is 3. The smallest absolute Gasteiger partial charge is 0.346 e. The molecule has 0 aromatic carbocycles. The summed E-state index contributed by atoms with van der Waals surface area (Å²) in [4.78, 5) is 26.4. The molecule has 24 heavy (non-hydrogen) atoms. The molecule has 1 aliphatic heterocycles. The first-order valence-corrected chi connectivity index (χ1v) is 8.18. The fourth-order valence-electron chi connectivity index (χ4n) is 3.22. The van der Waals surface area contributed by atoms with Crippen LogP contribution < -0.4 is 5.69 Å². The fourth-order valence-corrected chi connectivity index (χ4v) is 3.22. The predicted molar refractivity (Wildman–Crippen MR) is 86.7 cm³/mol. The number of nitrogens with zero attached hydrogens (tertiary/aromatic N) is 5. The number of aryl methyl sites for hydroxylation is 3. The predicted octanol–water partition coefficient (Wildman–Crippen LogP) is 0.739. The minimum absolute atomic E-state index is 0.0443. The lowest BCUT2D eigenvalue weighted by Gasteiger charge is -2.18. The summed E-state index contributed by atoms with van der Waals surface area (Å²) in [5.74, 6) is 1.54. The fraction of sp³-hybridized carbons (Fsp3) is 0.625. The van der Waals surface area contributed by atoms with Crippen molar-refractivity contribution in [2.24, 2.45) is 5.92 Å². The van der Waals surface area contributed by atoms with Crippen molar-refractivity contribution in [1.82, 2.24) is 24.4 Å². The van der Waals surface area contributed by atoms with E-state index in [0.29, 0.717) is 31.7 Å². The summed E-state index contributed by atoms with van der Waals surface area (Å²) in [5.41, 5.74) is 1.54. The van der Waals surface area contributed by atoms with E-state index < -0.39 is 0 Å². The van der Waals surface area contributed by atoms with Crippen molar-refractivity contribution >= 4 is 5.91 Å². The van der Waals surface area contributed by atoms with Crippen LogP contribution in [0.4, 0.5) is 0 Å². The summed E-state index contributed by atoms with van der Waals surface area (Å²) in [6.07, 6.45) is 2.02. The number of carbonyl (C=O) groups is 1. The van der Waals surface area contributed by atoms with E-state index in [0.717, 1.165) is 23.5 Å². The van der Waals surface area contributed by atoms with Gasteiger partial charge in [-0.2, -0.15) is 5.10 Å². The van der Waals surface area contributed by atoms with Crippen LogP contribution in [0, 0.1) is 19.8 Å². The highest BCUT2D eigenvalue weighted by atomic mass is 16.5. The van der Waals surface area contributed by atoms with Gasteiger partial charge >= 0.3 is 5.69 Å². The average molecular weight is 333 g/mol. The van der Waals surface area contributed by atoms with Crippen molar-refractivity contribution in [1.29, 1.82) is 0 Å². The van der Waals surface area contributed by atoms with Crippen LogP contribution in [0.3, 0.4) is 0 Å². The van der Waals surface area contributed by atoms with Gasteiger partial charge in [0.15, 0.2) is 0 Å². The van der Waals surface area contributed by atoms with Gasteiger partial charge < -0.3 is 9.42 Å². The molecule has 0 fully saturated rings. The number of hydrogen-bond donors (Lipinski definition) is 0. The van der Waals surface area contributed by atoms with Crippen molar-refractivity contribution in [3.63, 3.8) is 0 Å². The Morgan fingerprint density at radius 2 is 2.08 bits per heavy atom. The zero-order valence-corrected chi connectivity index (χ0v) is 14.6. The van der Waals surface area contributed by atoms with Gasteiger partial charge in [0, 0.05) is 38.5 Å². The molecular weight excluding hydrogens is 310 g/mol. The molecule has 1 aliphatic rings. The molecular formula is C16H23N5O3. The molecule has 1 atom stereocenters. The zero-order chi connectivity index (χ0) is 17.4. The molecule has 0 aliphatic carbocycles. The summed E-state index contributed by atoms with van der Waals surface area (Å²) in [6.45, 7) is 4.58. The van der Waals surface area contributed by atoms with E-state index in [4.69, 9.17) is 4.52 Å². The van der Waals surface area contributed by atoms with Crippen LogP contribution in [0.25, 0.3) is 0 Å². The van der Waals surface area contributed by atoms with Crippen LogP contribution in [0.2, 0.25) is 0 Å². The molecule has 0 bridgehead atoms. The lowest BCUT2D eigenvalue weighted by molar-refractivity contribution is -0.133. The first-order chi connectivity index (χ1) is 11.4. The Kier molecular flexibility index (Phi) is 4.29. The van der Waals surface area contributed by atoms with E-state index in [1.165, 1.54) is 4.68 Å². The Bertz CT molecular complexity index is 795. The normalized spacial score (nSPS) is 17.4. The Balaban J connectivity index is 1.82. The van der Waals surface area contributed by atoms with Gasteiger partial charge in [-0.1, -0.05) is 5.16 Å². The zero-order valence-electron chi connectivity index (χ0n) is 14.6. The molecule has 0 N–H and O–H groups in total. The Hall–Kier alpha value is -2.38. The Morgan fingerprint density at radius 3 is 2.71 bits per heavy atom. The second-order valence-corrected chi connectivity index (χ2v) is 6.57. The first kappa shape index (κ1) is 16.5. The third kappa shape index (κ3) is 2.88. The SMILES string of the molecule is Cc1noc(C)c1Cn1nc2n(c1=O)CCC(C(=O)N(C)C)CC2. The molecule has 2 aromatic heterocycles. The number of aromatic nitrogens is 4. The highest BCUT2D eigenvalue weighted by Gasteiger charge is 2.26. The molecule has 2 aromatic rings. The topological polar surface area (TPSA) is 86.2 Å². The van der Waals surface area contributed by atoms with E-state index in [9.17, 15) is 9.59 Å². The molecule has 130 valence electrons. The largest absolute Gasteiger partial charge is 0.361 e. The molecule has 0 spiro atoms. The molecule has 1 unspecified atom stereocenters. The maximum atomic E-state index is 12.6. The summed E-state index contributed by atoms with van der Waals surface area (Å²) in [6, 6.07) is 0. The summed E-state index contributed by atoms with van der Waals surface area (Å²) < 4.78 is 8.31. The van der Waals surface area contributed by atoms with Crippen molar-refractivity contribution in [2.45, 2.75) is 46.2 Å². The van der Waals surface area contributed by atoms with Crippen LogP contribution >= 0.6 is 0 Å². The summed E-state index contributed by atoms with van der Waals surface area (Å²) >= 11 is 0. The van der Waals surface area contributed by atoms with E-state index in [1.807, 2.05) is 13.8 Å². The molecule has 0 radical (unpaired) electrons. The van der Waals surface area contributed by atoms with Gasteiger partial charge in [-0.3, -0.25) is 9.36 Å². The Labute approximate surface area is 140 Å². The van der Waals surface area contributed by atoms with E-state index in [-0.39, 0.29) is 17.5 Å². The molecule has 3 rings (SSSR count). The third-order valence-electron chi connectivity index (χ3n) is 4.70. The number of carbonyl (C=O) groups excluding carboxylic acids is 1. The van der Waals surface area contributed by atoms with Gasteiger partial charge in [-0.25, -0.2) is 9.48 Å². The van der Waals surface area contributed by atoms with Crippen LogP contribution in [0.15, 0.2) is 9.32 Å². The summed E-state index contributed by atoms with van der Waals surface area (Å²) in [7, 11) is 3.53. The maximum absolute atomic E-state index is 12.6. The standard InChI is InChI=1S/C16H23N5O3/c1-10-13(11(2)24-18-10)9-21-16(23)20-8-7-12(15(22)19(3)4)5-6-14(20)17-21/h12H,5-9H2,1-4H3. The first-order valence-electron chi connectivity index (χ1n) is 8.18. The van der Waals surface area contributed by atoms with Crippen LogP contribution in [-0.2, 0) is 24.3 Å². The van der Waals surface area contributed by atoms with E-state index in [2.05, 4.69) is 10.3 Å². The van der Waals surface area contributed by atoms with Gasteiger partial charge in [-0.15, -0.1) is 0 Å².